The summed E-state index contributed by atoms with van der Waals surface area (Å²) < 4.78 is 5.76. The molecule has 0 spiro atoms. The van der Waals surface area contributed by atoms with Gasteiger partial charge in [-0.25, -0.2) is 4.98 Å². The maximum atomic E-state index is 11.4. The molecule has 150 valence electrons. The van der Waals surface area contributed by atoms with Crippen molar-refractivity contribution < 1.29 is 9.66 Å². The van der Waals surface area contributed by atoms with Gasteiger partial charge in [-0.2, -0.15) is 0 Å². The van der Waals surface area contributed by atoms with Crippen LogP contribution in [0.3, 0.4) is 0 Å². The van der Waals surface area contributed by atoms with E-state index in [-0.39, 0.29) is 18.2 Å². The summed E-state index contributed by atoms with van der Waals surface area (Å²) >= 11 is 1.64. The highest BCUT2D eigenvalue weighted by Crippen LogP contribution is 2.37. The Kier molecular flexibility index (Phi) is 5.82. The van der Waals surface area contributed by atoms with Crippen LogP contribution in [0.15, 0.2) is 48.8 Å². The number of pyridine rings is 1. The van der Waals surface area contributed by atoms with Crippen LogP contribution in [-0.2, 0) is 6.61 Å². The van der Waals surface area contributed by atoms with Crippen molar-refractivity contribution in [1.82, 2.24) is 14.9 Å². The van der Waals surface area contributed by atoms with Gasteiger partial charge in [0.15, 0.2) is 0 Å². The molecule has 7 nitrogen and oxygen atoms in total. The zero-order valence-electron chi connectivity index (χ0n) is 16.2. The van der Waals surface area contributed by atoms with Crippen LogP contribution in [0.5, 0.6) is 5.75 Å². The molecule has 2 aromatic heterocycles. The molecule has 0 bridgehead atoms. The summed E-state index contributed by atoms with van der Waals surface area (Å²) in [6, 6.07) is 11.3. The number of rotatable bonds is 6. The van der Waals surface area contributed by atoms with E-state index < -0.39 is 4.92 Å². The SMILES string of the molecule is CN1CCC(c2ncc(-c3cnc([N+](=O)[O-])c(OCc4ccccc4)c3)s2)CC1. The van der Waals surface area contributed by atoms with Crippen LogP contribution in [0.25, 0.3) is 10.4 Å². The minimum atomic E-state index is -0.513. The second kappa shape index (κ2) is 8.67. The summed E-state index contributed by atoms with van der Waals surface area (Å²) in [6.45, 7) is 2.41. The highest BCUT2D eigenvalue weighted by molar-refractivity contribution is 7.15. The zero-order valence-corrected chi connectivity index (χ0v) is 17.0. The minimum absolute atomic E-state index is 0.172. The molecule has 0 atom stereocenters. The fraction of sp³-hybridized carbons (Fsp3) is 0.333. The zero-order chi connectivity index (χ0) is 20.2. The fourth-order valence-corrected chi connectivity index (χ4v) is 4.48. The van der Waals surface area contributed by atoms with Crippen molar-refractivity contribution in [3.8, 4) is 16.2 Å². The Morgan fingerprint density at radius 3 is 2.69 bits per heavy atom. The van der Waals surface area contributed by atoms with E-state index in [2.05, 4.69) is 21.9 Å². The van der Waals surface area contributed by atoms with Crippen molar-refractivity contribution >= 4 is 17.2 Å². The van der Waals surface area contributed by atoms with Gasteiger partial charge in [-0.15, -0.1) is 11.3 Å². The van der Waals surface area contributed by atoms with Crippen LogP contribution in [0.2, 0.25) is 0 Å². The Labute approximate surface area is 173 Å². The van der Waals surface area contributed by atoms with Crippen molar-refractivity contribution in [2.24, 2.45) is 0 Å². The predicted octanol–water partition coefficient (Wildman–Crippen LogP) is 4.50. The summed E-state index contributed by atoms with van der Waals surface area (Å²) in [5.74, 6) is 0.375. The van der Waals surface area contributed by atoms with Crippen LogP contribution in [-0.4, -0.2) is 39.9 Å². The topological polar surface area (TPSA) is 81.4 Å². The lowest BCUT2D eigenvalue weighted by molar-refractivity contribution is -0.390. The third-order valence-electron chi connectivity index (χ3n) is 5.12. The number of benzene rings is 1. The number of piperidine rings is 1. The van der Waals surface area contributed by atoms with Crippen molar-refractivity contribution in [2.45, 2.75) is 25.4 Å². The molecule has 1 aliphatic rings. The van der Waals surface area contributed by atoms with Gasteiger partial charge in [-0.1, -0.05) is 30.3 Å². The van der Waals surface area contributed by atoms with Gasteiger partial charge in [-0.3, -0.25) is 0 Å². The first-order valence-corrected chi connectivity index (χ1v) is 10.4. The maximum absolute atomic E-state index is 11.4. The minimum Gasteiger partial charge on any atom is -0.481 e. The van der Waals surface area contributed by atoms with Crippen LogP contribution < -0.4 is 4.74 Å². The molecule has 3 heterocycles. The van der Waals surface area contributed by atoms with Gasteiger partial charge in [0.05, 0.1) is 9.88 Å². The van der Waals surface area contributed by atoms with Crippen LogP contribution in [0.1, 0.15) is 29.3 Å². The molecule has 0 aliphatic carbocycles. The number of aromatic nitrogens is 2. The molecule has 0 amide bonds. The second-order valence-electron chi connectivity index (χ2n) is 7.22. The smallest absolute Gasteiger partial charge is 0.406 e. The fourth-order valence-electron chi connectivity index (χ4n) is 3.42. The van der Waals surface area contributed by atoms with Crippen LogP contribution in [0.4, 0.5) is 5.82 Å². The Morgan fingerprint density at radius 2 is 1.97 bits per heavy atom. The van der Waals surface area contributed by atoms with Gasteiger partial charge in [0.25, 0.3) is 0 Å². The van der Waals surface area contributed by atoms with Crippen LogP contribution in [0, 0.1) is 10.1 Å². The lowest BCUT2D eigenvalue weighted by Gasteiger charge is -2.27. The van der Waals surface area contributed by atoms with Crippen molar-refractivity contribution in [3.05, 3.63) is 69.5 Å². The maximum Gasteiger partial charge on any atom is 0.406 e. The summed E-state index contributed by atoms with van der Waals surface area (Å²) in [4.78, 5) is 22.8. The molecule has 0 radical (unpaired) electrons. The van der Waals surface area contributed by atoms with Crippen LogP contribution >= 0.6 is 11.3 Å². The summed E-state index contributed by atoms with van der Waals surface area (Å²) in [6.07, 6.45) is 5.57. The van der Waals surface area contributed by atoms with E-state index in [0.29, 0.717) is 5.92 Å². The molecule has 0 saturated carbocycles. The summed E-state index contributed by atoms with van der Waals surface area (Å²) in [5.41, 5.74) is 1.73. The van der Waals surface area contributed by atoms with E-state index >= 15 is 0 Å². The molecule has 1 fully saturated rings. The molecule has 3 aromatic rings. The molecule has 1 aromatic carbocycles. The molecule has 29 heavy (non-hydrogen) atoms. The highest BCUT2D eigenvalue weighted by atomic mass is 32.1. The van der Waals surface area contributed by atoms with E-state index in [4.69, 9.17) is 4.74 Å². The molecule has 0 N–H and O–H groups in total. The molecule has 1 aliphatic heterocycles. The molecule has 8 heteroatoms. The van der Waals surface area contributed by atoms with Gasteiger partial charge < -0.3 is 19.8 Å². The van der Waals surface area contributed by atoms with Crippen molar-refractivity contribution in [1.29, 1.82) is 0 Å². The van der Waals surface area contributed by atoms with Gasteiger partial charge in [0.2, 0.25) is 5.75 Å². The highest BCUT2D eigenvalue weighted by Gasteiger charge is 2.23. The van der Waals surface area contributed by atoms with Crippen molar-refractivity contribution in [3.63, 3.8) is 0 Å². The normalized spacial score (nSPS) is 15.3. The first-order chi connectivity index (χ1) is 14.1. The van der Waals surface area contributed by atoms with E-state index in [1.54, 1.807) is 17.4 Å². The van der Waals surface area contributed by atoms with E-state index in [1.807, 2.05) is 36.5 Å². The first-order valence-electron chi connectivity index (χ1n) is 9.56. The molecule has 1 saturated heterocycles. The largest absolute Gasteiger partial charge is 0.481 e. The average molecular weight is 410 g/mol. The Morgan fingerprint density at radius 1 is 1.21 bits per heavy atom. The van der Waals surface area contributed by atoms with E-state index in [9.17, 15) is 10.1 Å². The number of likely N-dealkylation sites (tertiary alicyclic amines) is 1. The number of nitro groups is 1. The molecule has 4 rings (SSSR count). The molecular weight excluding hydrogens is 388 g/mol. The van der Waals surface area contributed by atoms with Gasteiger partial charge in [0, 0.05) is 23.7 Å². The van der Waals surface area contributed by atoms with Gasteiger partial charge in [0.1, 0.15) is 12.8 Å². The third-order valence-corrected chi connectivity index (χ3v) is 6.33. The summed E-state index contributed by atoms with van der Waals surface area (Å²) in [7, 11) is 2.14. The third kappa shape index (κ3) is 4.60. The predicted molar refractivity (Wildman–Crippen MR) is 112 cm³/mol. The number of hydrogen-bond donors (Lipinski definition) is 0. The Hall–Kier alpha value is -2.84. The standard InChI is InChI=1S/C21H22N4O3S/c1-24-9-7-16(8-10-24)21-23-13-19(29-21)17-11-18(20(22-12-17)25(26)27)28-14-15-5-3-2-4-6-15/h2-6,11-13,16H,7-10,14H2,1H3. The second-order valence-corrected chi connectivity index (χ2v) is 8.28. The average Bonchev–Trinajstić information content (AvgIpc) is 3.23. The summed E-state index contributed by atoms with van der Waals surface area (Å²) in [5, 5.41) is 12.5. The lowest BCUT2D eigenvalue weighted by Crippen LogP contribution is -2.29. The van der Waals surface area contributed by atoms with Gasteiger partial charge in [-0.05, 0) is 48.4 Å². The first kappa shape index (κ1) is 19.5. The Balaban J connectivity index is 1.55. The lowest BCUT2D eigenvalue weighted by atomic mass is 9.98. The molecular formula is C21H22N4O3S. The number of ether oxygens (including phenoxy) is 1. The van der Waals surface area contributed by atoms with Gasteiger partial charge >= 0.3 is 5.82 Å². The monoisotopic (exact) mass is 410 g/mol. The van der Waals surface area contributed by atoms with E-state index in [1.165, 1.54) is 6.20 Å². The number of thiazole rings is 1. The quantitative estimate of drug-likeness (QED) is 0.440. The molecule has 0 unspecified atom stereocenters. The number of nitrogens with zero attached hydrogens (tertiary/aromatic N) is 4. The number of hydrogen-bond acceptors (Lipinski definition) is 7. The Bertz CT molecular complexity index is 985. The van der Waals surface area contributed by atoms with E-state index in [0.717, 1.165) is 46.9 Å². The van der Waals surface area contributed by atoms with Crippen molar-refractivity contribution in [2.75, 3.05) is 20.1 Å².